The second-order valence-corrected chi connectivity index (χ2v) is 9.60. The number of thiazole rings is 1. The maximum absolute atomic E-state index is 13.1. The van der Waals surface area contributed by atoms with Crippen LogP contribution in [0, 0.1) is 12.8 Å². The number of β-amino-alcohol motifs (C(OH)–C–C–N with tert-alkyl or cyclic N) is 1. The van der Waals surface area contributed by atoms with Gasteiger partial charge < -0.3 is 15.3 Å². The summed E-state index contributed by atoms with van der Waals surface area (Å²) in [6.07, 6.45) is 0.348. The van der Waals surface area contributed by atoms with Gasteiger partial charge in [-0.15, -0.1) is 11.3 Å². The predicted molar refractivity (Wildman–Crippen MR) is 124 cm³/mol. The van der Waals surface area contributed by atoms with E-state index in [1.165, 1.54) is 11.8 Å². The van der Waals surface area contributed by atoms with Crippen molar-refractivity contribution >= 4 is 28.9 Å². The maximum Gasteiger partial charge on any atom is 0.246 e. The smallest absolute Gasteiger partial charge is 0.246 e. The highest BCUT2D eigenvalue weighted by Gasteiger charge is 2.41. The summed E-state index contributed by atoms with van der Waals surface area (Å²) in [7, 11) is 0. The van der Waals surface area contributed by atoms with E-state index in [0.717, 1.165) is 21.7 Å². The Bertz CT molecular complexity index is 970. The molecule has 7 nitrogen and oxygen atoms in total. The first-order valence-corrected chi connectivity index (χ1v) is 11.8. The largest absolute Gasteiger partial charge is 0.391 e. The van der Waals surface area contributed by atoms with Gasteiger partial charge in [0.2, 0.25) is 11.8 Å². The van der Waals surface area contributed by atoms with Crippen LogP contribution in [0.4, 0.5) is 0 Å². The molecule has 1 aromatic carbocycles. The third-order valence-corrected chi connectivity index (χ3v) is 6.82. The number of carbonyl (C=O) groups is 3. The van der Waals surface area contributed by atoms with Crippen molar-refractivity contribution in [2.75, 3.05) is 6.54 Å². The van der Waals surface area contributed by atoms with Crippen molar-refractivity contribution in [3.8, 4) is 10.4 Å². The number of carbonyl (C=O) groups excluding carboxylic acids is 3. The number of aliphatic hydroxyl groups is 1. The van der Waals surface area contributed by atoms with Gasteiger partial charge in [-0.2, -0.15) is 0 Å². The highest BCUT2D eigenvalue weighted by molar-refractivity contribution is 7.13. The van der Waals surface area contributed by atoms with E-state index in [9.17, 15) is 19.5 Å². The van der Waals surface area contributed by atoms with Crippen molar-refractivity contribution in [1.82, 2.24) is 15.2 Å². The SMILES string of the molecule is CC(=O)N[C@H](C(=O)N1C[C@H](O)CC1C(=O)CCc1ccc(-c2scnc2C)cc1)C(C)C. The molecule has 0 radical (unpaired) electrons. The Labute approximate surface area is 192 Å². The van der Waals surface area contributed by atoms with Crippen LogP contribution in [0.25, 0.3) is 10.4 Å². The molecule has 3 rings (SSSR count). The van der Waals surface area contributed by atoms with Gasteiger partial charge in [-0.1, -0.05) is 38.1 Å². The first kappa shape index (κ1) is 24.1. The van der Waals surface area contributed by atoms with E-state index in [2.05, 4.69) is 10.3 Å². The number of amides is 2. The lowest BCUT2D eigenvalue weighted by Gasteiger charge is -2.30. The van der Waals surface area contributed by atoms with Gasteiger partial charge in [0.05, 0.1) is 28.2 Å². The number of aliphatic hydroxyl groups excluding tert-OH is 1. The molecule has 2 amide bonds. The normalized spacial score (nSPS) is 19.2. The minimum absolute atomic E-state index is 0.0670. The van der Waals surface area contributed by atoms with Crippen LogP contribution in [0.1, 0.15) is 44.9 Å². The minimum Gasteiger partial charge on any atom is -0.391 e. The zero-order chi connectivity index (χ0) is 23.4. The lowest BCUT2D eigenvalue weighted by Crippen LogP contribution is -2.53. The number of hydrogen-bond acceptors (Lipinski definition) is 6. The molecule has 1 aromatic heterocycles. The van der Waals surface area contributed by atoms with Crippen LogP contribution in [-0.2, 0) is 20.8 Å². The number of hydrogen-bond donors (Lipinski definition) is 2. The zero-order valence-electron chi connectivity index (χ0n) is 19.0. The van der Waals surface area contributed by atoms with Gasteiger partial charge in [-0.3, -0.25) is 14.4 Å². The fourth-order valence-corrected chi connectivity index (χ4v) is 4.92. The Kier molecular flexibility index (Phi) is 7.79. The topological polar surface area (TPSA) is 99.6 Å². The van der Waals surface area contributed by atoms with E-state index < -0.39 is 18.2 Å². The first-order chi connectivity index (χ1) is 15.2. The van der Waals surface area contributed by atoms with Crippen LogP contribution in [-0.4, -0.2) is 57.3 Å². The van der Waals surface area contributed by atoms with Crippen LogP contribution in [0.15, 0.2) is 29.8 Å². The van der Waals surface area contributed by atoms with Crippen molar-refractivity contribution < 1.29 is 19.5 Å². The molecule has 0 saturated carbocycles. The van der Waals surface area contributed by atoms with Crippen molar-refractivity contribution in [1.29, 1.82) is 0 Å². The Morgan fingerprint density at radius 1 is 1.25 bits per heavy atom. The monoisotopic (exact) mass is 457 g/mol. The summed E-state index contributed by atoms with van der Waals surface area (Å²) in [4.78, 5) is 44.5. The summed E-state index contributed by atoms with van der Waals surface area (Å²) in [6.45, 7) is 7.16. The summed E-state index contributed by atoms with van der Waals surface area (Å²) in [5.41, 5.74) is 4.98. The van der Waals surface area contributed by atoms with Gasteiger partial charge in [0, 0.05) is 26.3 Å². The van der Waals surface area contributed by atoms with Crippen LogP contribution < -0.4 is 5.32 Å². The Hall–Kier alpha value is -2.58. The van der Waals surface area contributed by atoms with E-state index in [0.29, 0.717) is 6.42 Å². The number of aryl methyl sites for hydroxylation is 2. The van der Waals surface area contributed by atoms with Crippen LogP contribution in [0.5, 0.6) is 0 Å². The molecule has 0 aliphatic carbocycles. The fraction of sp³-hybridized carbons (Fsp3) is 0.500. The minimum atomic E-state index is -0.736. The maximum atomic E-state index is 13.1. The van der Waals surface area contributed by atoms with Crippen LogP contribution in [0.2, 0.25) is 0 Å². The molecule has 0 spiro atoms. The molecule has 8 heteroatoms. The average Bonchev–Trinajstić information content (AvgIpc) is 3.35. The second kappa shape index (κ2) is 10.4. The van der Waals surface area contributed by atoms with Crippen LogP contribution in [0.3, 0.4) is 0 Å². The number of ketones is 1. The van der Waals surface area contributed by atoms with Gasteiger partial charge in [0.15, 0.2) is 5.78 Å². The molecule has 1 aliphatic rings. The van der Waals surface area contributed by atoms with Crippen LogP contribution >= 0.6 is 11.3 Å². The molecule has 2 heterocycles. The Morgan fingerprint density at radius 3 is 2.50 bits per heavy atom. The second-order valence-electron chi connectivity index (χ2n) is 8.75. The van der Waals surface area contributed by atoms with Crippen molar-refractivity contribution in [2.45, 2.75) is 65.1 Å². The molecule has 2 N–H and O–H groups in total. The predicted octanol–water partition coefficient (Wildman–Crippen LogP) is 2.74. The number of aromatic nitrogens is 1. The van der Waals surface area contributed by atoms with E-state index in [1.807, 2.05) is 50.5 Å². The summed E-state index contributed by atoms with van der Waals surface area (Å²) in [6, 6.07) is 6.73. The summed E-state index contributed by atoms with van der Waals surface area (Å²) in [5, 5.41) is 12.8. The third kappa shape index (κ3) is 5.61. The first-order valence-electron chi connectivity index (χ1n) is 10.9. The van der Waals surface area contributed by atoms with Gasteiger partial charge >= 0.3 is 0 Å². The highest BCUT2D eigenvalue weighted by atomic mass is 32.1. The number of Topliss-reactive ketones (excluding diaryl/α,β-unsaturated/α-hetero) is 1. The third-order valence-electron chi connectivity index (χ3n) is 5.85. The molecule has 1 fully saturated rings. The van der Waals surface area contributed by atoms with Gasteiger partial charge in [-0.05, 0) is 30.4 Å². The van der Waals surface area contributed by atoms with Gasteiger partial charge in [0.1, 0.15) is 6.04 Å². The molecule has 32 heavy (non-hydrogen) atoms. The molecule has 0 bridgehead atoms. The molecule has 2 aromatic rings. The number of nitrogens with one attached hydrogen (secondary N) is 1. The van der Waals surface area contributed by atoms with Crippen molar-refractivity contribution in [2.24, 2.45) is 5.92 Å². The average molecular weight is 458 g/mol. The number of nitrogens with zero attached hydrogens (tertiary/aromatic N) is 2. The summed E-state index contributed by atoms with van der Waals surface area (Å²) >= 11 is 1.60. The van der Waals surface area contributed by atoms with E-state index in [1.54, 1.807) is 11.3 Å². The lowest BCUT2D eigenvalue weighted by atomic mass is 9.98. The molecular weight excluding hydrogens is 426 g/mol. The molecule has 1 saturated heterocycles. The molecule has 1 unspecified atom stereocenters. The number of rotatable bonds is 8. The zero-order valence-corrected chi connectivity index (χ0v) is 19.8. The Morgan fingerprint density at radius 2 is 1.94 bits per heavy atom. The van der Waals surface area contributed by atoms with E-state index in [-0.39, 0.29) is 42.9 Å². The standard InChI is InChI=1S/C24H31N3O4S/c1-14(2)22(26-16(4)28)24(31)27-12-19(29)11-20(27)21(30)10-7-17-5-8-18(9-6-17)23-15(3)25-13-32-23/h5-6,8-9,13-14,19-20,22,29H,7,10-12H2,1-4H3,(H,26,28)/t19-,20?,22+/m1/s1. The molecule has 3 atom stereocenters. The molecule has 1 aliphatic heterocycles. The number of likely N-dealkylation sites (tertiary alicyclic amines) is 1. The van der Waals surface area contributed by atoms with E-state index in [4.69, 9.17) is 0 Å². The highest BCUT2D eigenvalue weighted by Crippen LogP contribution is 2.28. The van der Waals surface area contributed by atoms with E-state index >= 15 is 0 Å². The quantitative estimate of drug-likeness (QED) is 0.635. The molecular formula is C24H31N3O4S. The Balaban J connectivity index is 1.64. The number of benzene rings is 1. The van der Waals surface area contributed by atoms with Gasteiger partial charge in [0.25, 0.3) is 0 Å². The fourth-order valence-electron chi connectivity index (χ4n) is 4.11. The lowest BCUT2D eigenvalue weighted by molar-refractivity contribution is -0.141. The van der Waals surface area contributed by atoms with Crippen molar-refractivity contribution in [3.05, 3.63) is 41.0 Å². The summed E-state index contributed by atoms with van der Waals surface area (Å²) in [5.74, 6) is -0.797. The van der Waals surface area contributed by atoms with Crippen molar-refractivity contribution in [3.63, 3.8) is 0 Å². The van der Waals surface area contributed by atoms with Gasteiger partial charge in [-0.25, -0.2) is 4.98 Å². The molecule has 172 valence electrons. The summed E-state index contributed by atoms with van der Waals surface area (Å²) < 4.78 is 0.